The van der Waals surface area contributed by atoms with Gasteiger partial charge in [-0.2, -0.15) is 0 Å². The quantitative estimate of drug-likeness (QED) is 0.787. The van der Waals surface area contributed by atoms with Gasteiger partial charge >= 0.3 is 0 Å². The summed E-state index contributed by atoms with van der Waals surface area (Å²) in [5.74, 6) is -1.67. The summed E-state index contributed by atoms with van der Waals surface area (Å²) in [4.78, 5) is 29.2. The number of nitrogens with one attached hydrogen (secondary N) is 2. The maximum absolute atomic E-state index is 13.7. The normalized spacial score (nSPS) is 15.5. The number of thiazole rings is 1. The van der Waals surface area contributed by atoms with E-state index in [0.29, 0.717) is 10.7 Å². The van der Waals surface area contributed by atoms with Gasteiger partial charge in [0.05, 0.1) is 0 Å². The number of aromatic nitrogens is 1. The van der Waals surface area contributed by atoms with Crippen molar-refractivity contribution in [3.8, 4) is 0 Å². The number of hydrogen-bond donors (Lipinski definition) is 2. The lowest BCUT2D eigenvalue weighted by atomic mass is 10.1. The van der Waals surface area contributed by atoms with Crippen LogP contribution in [-0.2, 0) is 16.0 Å². The predicted molar refractivity (Wildman–Crippen MR) is 99.5 cm³/mol. The molecule has 1 aromatic carbocycles. The SMILES string of the molecule is CC(NC(=O)C1CCCC1)C(=O)Nc1ncc(Cc2ccc(F)cc2F)s1. The van der Waals surface area contributed by atoms with E-state index in [1.807, 2.05) is 0 Å². The van der Waals surface area contributed by atoms with Crippen molar-refractivity contribution >= 4 is 28.3 Å². The highest BCUT2D eigenvalue weighted by Crippen LogP contribution is 2.25. The lowest BCUT2D eigenvalue weighted by Gasteiger charge is -2.16. The first-order chi connectivity index (χ1) is 12.9. The number of amides is 2. The topological polar surface area (TPSA) is 71.1 Å². The number of anilines is 1. The lowest BCUT2D eigenvalue weighted by molar-refractivity contribution is -0.128. The average molecular weight is 393 g/mol. The van der Waals surface area contributed by atoms with E-state index >= 15 is 0 Å². The third-order valence-electron chi connectivity index (χ3n) is 4.64. The zero-order valence-corrected chi connectivity index (χ0v) is 15.7. The molecule has 5 nitrogen and oxygen atoms in total. The van der Waals surface area contributed by atoms with Crippen LogP contribution < -0.4 is 10.6 Å². The molecule has 1 aromatic heterocycles. The van der Waals surface area contributed by atoms with Gasteiger partial charge in [0.15, 0.2) is 5.13 Å². The highest BCUT2D eigenvalue weighted by molar-refractivity contribution is 7.15. The molecule has 3 rings (SSSR count). The van der Waals surface area contributed by atoms with E-state index in [1.165, 1.54) is 23.5 Å². The zero-order valence-electron chi connectivity index (χ0n) is 14.9. The van der Waals surface area contributed by atoms with Gasteiger partial charge in [-0.05, 0) is 31.4 Å². The van der Waals surface area contributed by atoms with Crippen molar-refractivity contribution in [1.29, 1.82) is 0 Å². The van der Waals surface area contributed by atoms with Crippen molar-refractivity contribution in [2.75, 3.05) is 5.32 Å². The zero-order chi connectivity index (χ0) is 19.4. The van der Waals surface area contributed by atoms with Gasteiger partial charge in [-0.15, -0.1) is 11.3 Å². The summed E-state index contributed by atoms with van der Waals surface area (Å²) in [5, 5.41) is 5.78. The largest absolute Gasteiger partial charge is 0.344 e. The molecule has 2 aromatic rings. The Labute approximate surface area is 160 Å². The second-order valence-electron chi connectivity index (χ2n) is 6.75. The van der Waals surface area contributed by atoms with Gasteiger partial charge in [0.2, 0.25) is 11.8 Å². The molecule has 2 N–H and O–H groups in total. The van der Waals surface area contributed by atoms with Gasteiger partial charge in [-0.1, -0.05) is 18.9 Å². The number of carbonyl (C=O) groups excluding carboxylic acids is 2. The number of benzene rings is 1. The second-order valence-corrected chi connectivity index (χ2v) is 7.86. The molecule has 0 spiro atoms. The summed E-state index contributed by atoms with van der Waals surface area (Å²) in [7, 11) is 0. The van der Waals surface area contributed by atoms with E-state index in [4.69, 9.17) is 0 Å². The first kappa shape index (κ1) is 19.4. The molecule has 0 aliphatic heterocycles. The van der Waals surface area contributed by atoms with Gasteiger partial charge in [0.1, 0.15) is 17.7 Å². The summed E-state index contributed by atoms with van der Waals surface area (Å²) in [6.07, 6.45) is 5.65. The van der Waals surface area contributed by atoms with Crippen LogP contribution in [0.1, 0.15) is 43.0 Å². The minimum Gasteiger partial charge on any atom is -0.344 e. The maximum atomic E-state index is 13.7. The molecule has 1 fully saturated rings. The van der Waals surface area contributed by atoms with Crippen molar-refractivity contribution in [2.45, 2.75) is 45.1 Å². The molecule has 1 heterocycles. The molecular weight excluding hydrogens is 372 g/mol. The number of halogens is 2. The minimum absolute atomic E-state index is 0.00248. The fraction of sp³-hybridized carbons (Fsp3) is 0.421. The molecule has 0 saturated heterocycles. The Hall–Kier alpha value is -2.35. The first-order valence-electron chi connectivity index (χ1n) is 8.92. The Balaban J connectivity index is 1.54. The summed E-state index contributed by atoms with van der Waals surface area (Å²) in [6.45, 7) is 1.63. The molecule has 1 unspecified atom stereocenters. The molecule has 0 radical (unpaired) electrons. The lowest BCUT2D eigenvalue weighted by Crippen LogP contribution is -2.43. The van der Waals surface area contributed by atoms with Gasteiger partial charge in [-0.25, -0.2) is 13.8 Å². The molecule has 1 atom stereocenters. The predicted octanol–water partition coefficient (Wildman–Crippen LogP) is 3.65. The molecule has 27 heavy (non-hydrogen) atoms. The van der Waals surface area contributed by atoms with Crippen molar-refractivity contribution in [3.63, 3.8) is 0 Å². The van der Waals surface area contributed by atoms with E-state index in [9.17, 15) is 18.4 Å². The molecule has 1 aliphatic carbocycles. The van der Waals surface area contributed by atoms with Gasteiger partial charge in [0.25, 0.3) is 0 Å². The summed E-state index contributed by atoms with van der Waals surface area (Å²) < 4.78 is 26.7. The van der Waals surface area contributed by atoms with Crippen LogP contribution >= 0.6 is 11.3 Å². The highest BCUT2D eigenvalue weighted by Gasteiger charge is 2.25. The van der Waals surface area contributed by atoms with Crippen LogP contribution in [0.5, 0.6) is 0 Å². The number of hydrogen-bond acceptors (Lipinski definition) is 4. The van der Waals surface area contributed by atoms with E-state index < -0.39 is 17.7 Å². The third-order valence-corrected chi connectivity index (χ3v) is 5.55. The fourth-order valence-electron chi connectivity index (χ4n) is 3.10. The molecular formula is C19H21F2N3O2S. The summed E-state index contributed by atoms with van der Waals surface area (Å²) in [5.41, 5.74) is 0.357. The number of rotatable bonds is 6. The fourth-order valence-corrected chi connectivity index (χ4v) is 3.94. The van der Waals surface area contributed by atoms with Crippen LogP contribution in [0.25, 0.3) is 0 Å². The van der Waals surface area contributed by atoms with Crippen molar-refractivity contribution < 1.29 is 18.4 Å². The Morgan fingerprint density at radius 3 is 2.74 bits per heavy atom. The Bertz CT molecular complexity index is 834. The monoisotopic (exact) mass is 393 g/mol. The minimum atomic E-state index is -0.667. The van der Waals surface area contributed by atoms with Crippen molar-refractivity contribution in [3.05, 3.63) is 46.5 Å². The Kier molecular flexibility index (Phi) is 6.15. The van der Waals surface area contributed by atoms with Gasteiger partial charge in [0, 0.05) is 29.5 Å². The van der Waals surface area contributed by atoms with Crippen LogP contribution in [0.4, 0.5) is 13.9 Å². The van der Waals surface area contributed by atoms with Crippen LogP contribution in [0.2, 0.25) is 0 Å². The van der Waals surface area contributed by atoms with Gasteiger partial charge in [-0.3, -0.25) is 9.59 Å². The molecule has 1 saturated carbocycles. The first-order valence-corrected chi connectivity index (χ1v) is 9.74. The Morgan fingerprint density at radius 2 is 2.04 bits per heavy atom. The second kappa shape index (κ2) is 8.56. The molecule has 0 bridgehead atoms. The third kappa shape index (κ3) is 5.09. The number of carbonyl (C=O) groups is 2. The highest BCUT2D eigenvalue weighted by atomic mass is 32.1. The van der Waals surface area contributed by atoms with Gasteiger partial charge < -0.3 is 10.6 Å². The Morgan fingerprint density at radius 1 is 1.30 bits per heavy atom. The molecule has 144 valence electrons. The van der Waals surface area contributed by atoms with E-state index in [2.05, 4.69) is 15.6 Å². The van der Waals surface area contributed by atoms with E-state index in [0.717, 1.165) is 36.6 Å². The summed E-state index contributed by atoms with van der Waals surface area (Å²) >= 11 is 1.21. The van der Waals surface area contributed by atoms with Crippen LogP contribution in [0, 0.1) is 17.6 Å². The smallest absolute Gasteiger partial charge is 0.248 e. The van der Waals surface area contributed by atoms with Crippen LogP contribution in [0.3, 0.4) is 0 Å². The van der Waals surface area contributed by atoms with E-state index in [-0.39, 0.29) is 24.2 Å². The number of nitrogens with zero attached hydrogens (tertiary/aromatic N) is 1. The standard InChI is InChI=1S/C19H21F2N3O2S/c1-11(23-18(26)12-4-2-3-5-12)17(25)24-19-22-10-15(27-19)8-13-6-7-14(20)9-16(13)21/h6-7,9-12H,2-5,8H2,1H3,(H,23,26)(H,22,24,25). The molecule has 1 aliphatic rings. The summed E-state index contributed by atoms with van der Waals surface area (Å²) in [6, 6.07) is 2.77. The molecule has 2 amide bonds. The van der Waals surface area contributed by atoms with Crippen molar-refractivity contribution in [2.24, 2.45) is 5.92 Å². The van der Waals surface area contributed by atoms with Crippen LogP contribution in [-0.4, -0.2) is 22.8 Å². The van der Waals surface area contributed by atoms with Crippen LogP contribution in [0.15, 0.2) is 24.4 Å². The van der Waals surface area contributed by atoms with E-state index in [1.54, 1.807) is 13.1 Å². The average Bonchev–Trinajstić information content (AvgIpc) is 3.29. The van der Waals surface area contributed by atoms with Crippen molar-refractivity contribution in [1.82, 2.24) is 10.3 Å². The maximum Gasteiger partial charge on any atom is 0.248 e. The molecule has 8 heteroatoms.